The number of nitrogens with zero attached hydrogens (tertiary/aromatic N) is 1. The quantitative estimate of drug-likeness (QED) is 0.864. The molecule has 1 fully saturated rings. The molecule has 1 N–H and O–H groups in total. The van der Waals surface area contributed by atoms with Crippen LogP contribution in [0.5, 0.6) is 0 Å². The van der Waals surface area contributed by atoms with Gasteiger partial charge in [-0.2, -0.15) is 0 Å². The van der Waals surface area contributed by atoms with Gasteiger partial charge >= 0.3 is 0 Å². The first-order chi connectivity index (χ1) is 9.74. The Morgan fingerprint density at radius 2 is 2.25 bits per heavy atom. The van der Waals surface area contributed by atoms with Crippen molar-refractivity contribution in [3.8, 4) is 0 Å². The van der Waals surface area contributed by atoms with Crippen molar-refractivity contribution in [1.29, 1.82) is 0 Å². The molecule has 1 aromatic carbocycles. The molecular weight excluding hydrogens is 248 g/mol. The molecule has 0 aliphatic carbocycles. The van der Waals surface area contributed by atoms with Crippen LogP contribution in [-0.2, 0) is 11.3 Å². The highest BCUT2D eigenvalue weighted by Gasteiger charge is 2.21. The Morgan fingerprint density at radius 3 is 2.95 bits per heavy atom. The number of piperidine rings is 1. The van der Waals surface area contributed by atoms with Crippen LogP contribution >= 0.6 is 0 Å². The number of hydrogen-bond donors (Lipinski definition) is 1. The SMILES string of the molecule is CCCOC1CCCN(c2ccc(CNC)cc2C)C1. The molecule has 1 saturated heterocycles. The third kappa shape index (κ3) is 3.97. The summed E-state index contributed by atoms with van der Waals surface area (Å²) in [7, 11) is 1.99. The molecule has 1 heterocycles. The molecule has 1 atom stereocenters. The molecule has 1 unspecified atom stereocenters. The van der Waals surface area contributed by atoms with Crippen molar-refractivity contribution in [3.63, 3.8) is 0 Å². The molecule has 112 valence electrons. The van der Waals surface area contributed by atoms with Gasteiger partial charge in [0.15, 0.2) is 0 Å². The van der Waals surface area contributed by atoms with Crippen LogP contribution in [0.1, 0.15) is 37.3 Å². The number of ether oxygens (including phenoxy) is 1. The molecule has 1 aliphatic rings. The predicted octanol–water partition coefficient (Wildman–Crippen LogP) is 3.11. The lowest BCUT2D eigenvalue weighted by molar-refractivity contribution is 0.0440. The second kappa shape index (κ2) is 7.65. The van der Waals surface area contributed by atoms with Crippen LogP contribution in [-0.4, -0.2) is 32.8 Å². The Balaban J connectivity index is 2.02. The van der Waals surface area contributed by atoms with Gasteiger partial charge in [0.1, 0.15) is 0 Å². The number of aryl methyl sites for hydroxylation is 1. The molecule has 0 saturated carbocycles. The van der Waals surface area contributed by atoms with Crippen molar-refractivity contribution in [3.05, 3.63) is 29.3 Å². The van der Waals surface area contributed by atoms with E-state index in [0.29, 0.717) is 6.10 Å². The smallest absolute Gasteiger partial charge is 0.0750 e. The summed E-state index contributed by atoms with van der Waals surface area (Å²) in [6.45, 7) is 8.39. The second-order valence-corrected chi connectivity index (χ2v) is 5.73. The lowest BCUT2D eigenvalue weighted by Crippen LogP contribution is -2.40. The standard InChI is InChI=1S/C17H28N2O/c1-4-10-20-16-6-5-9-19(13-16)17-8-7-15(12-18-3)11-14(17)2/h7-8,11,16,18H,4-6,9-10,12-13H2,1-3H3. The predicted molar refractivity (Wildman–Crippen MR) is 85.4 cm³/mol. The molecule has 0 aromatic heterocycles. The third-order valence-electron chi connectivity index (χ3n) is 3.92. The van der Waals surface area contributed by atoms with E-state index in [1.54, 1.807) is 0 Å². The van der Waals surface area contributed by atoms with Crippen LogP contribution < -0.4 is 10.2 Å². The van der Waals surface area contributed by atoms with Crippen LogP contribution in [0.4, 0.5) is 5.69 Å². The molecule has 1 aromatic rings. The van der Waals surface area contributed by atoms with E-state index in [1.807, 2.05) is 7.05 Å². The topological polar surface area (TPSA) is 24.5 Å². The Bertz CT molecular complexity index is 419. The molecule has 1 aliphatic heterocycles. The first-order valence-electron chi connectivity index (χ1n) is 7.85. The molecule has 3 heteroatoms. The second-order valence-electron chi connectivity index (χ2n) is 5.73. The molecule has 0 spiro atoms. The first kappa shape index (κ1) is 15.3. The van der Waals surface area contributed by atoms with Crippen molar-refractivity contribution in [1.82, 2.24) is 5.32 Å². The van der Waals surface area contributed by atoms with Gasteiger partial charge in [-0.1, -0.05) is 19.1 Å². The zero-order chi connectivity index (χ0) is 14.4. The highest BCUT2D eigenvalue weighted by atomic mass is 16.5. The molecule has 0 bridgehead atoms. The third-order valence-corrected chi connectivity index (χ3v) is 3.92. The minimum absolute atomic E-state index is 0.403. The zero-order valence-electron chi connectivity index (χ0n) is 13.1. The fraction of sp³-hybridized carbons (Fsp3) is 0.647. The maximum atomic E-state index is 5.93. The fourth-order valence-electron chi connectivity index (χ4n) is 2.96. The average Bonchev–Trinajstić information content (AvgIpc) is 2.46. The monoisotopic (exact) mass is 276 g/mol. The van der Waals surface area contributed by atoms with E-state index in [2.05, 4.69) is 42.3 Å². The Morgan fingerprint density at radius 1 is 1.40 bits per heavy atom. The van der Waals surface area contributed by atoms with E-state index in [4.69, 9.17) is 4.74 Å². The van der Waals surface area contributed by atoms with E-state index >= 15 is 0 Å². The number of nitrogens with one attached hydrogen (secondary N) is 1. The van der Waals surface area contributed by atoms with Gasteiger partial charge in [-0.25, -0.2) is 0 Å². The maximum absolute atomic E-state index is 5.93. The highest BCUT2D eigenvalue weighted by Crippen LogP contribution is 2.25. The number of rotatable bonds is 6. The molecular formula is C17H28N2O. The van der Waals surface area contributed by atoms with Gasteiger partial charge in [0.2, 0.25) is 0 Å². The van der Waals surface area contributed by atoms with Crippen LogP contribution in [0.15, 0.2) is 18.2 Å². The number of anilines is 1. The minimum atomic E-state index is 0.403. The van der Waals surface area contributed by atoms with Crippen molar-refractivity contribution in [2.24, 2.45) is 0 Å². The van der Waals surface area contributed by atoms with Gasteiger partial charge in [-0.15, -0.1) is 0 Å². The van der Waals surface area contributed by atoms with Crippen LogP contribution in [0, 0.1) is 6.92 Å². The maximum Gasteiger partial charge on any atom is 0.0750 e. The van der Waals surface area contributed by atoms with Crippen molar-refractivity contribution in [2.75, 3.05) is 31.6 Å². The molecule has 3 nitrogen and oxygen atoms in total. The zero-order valence-corrected chi connectivity index (χ0v) is 13.1. The lowest BCUT2D eigenvalue weighted by Gasteiger charge is -2.35. The van der Waals surface area contributed by atoms with Gasteiger partial charge in [-0.05, 0) is 50.4 Å². The molecule has 0 amide bonds. The molecule has 20 heavy (non-hydrogen) atoms. The molecule has 2 rings (SSSR count). The Kier molecular flexibility index (Phi) is 5.86. The van der Waals surface area contributed by atoms with Crippen LogP contribution in [0.25, 0.3) is 0 Å². The summed E-state index contributed by atoms with van der Waals surface area (Å²) in [5.41, 5.74) is 4.09. The highest BCUT2D eigenvalue weighted by molar-refractivity contribution is 5.54. The van der Waals surface area contributed by atoms with E-state index in [1.165, 1.54) is 29.7 Å². The summed E-state index contributed by atoms with van der Waals surface area (Å²) < 4.78 is 5.93. The van der Waals surface area contributed by atoms with Crippen LogP contribution in [0.2, 0.25) is 0 Å². The van der Waals surface area contributed by atoms with Crippen LogP contribution in [0.3, 0.4) is 0 Å². The summed E-state index contributed by atoms with van der Waals surface area (Å²) >= 11 is 0. The van der Waals surface area contributed by atoms with Gasteiger partial charge in [0, 0.05) is 31.9 Å². The Labute approximate surface area is 123 Å². The summed E-state index contributed by atoms with van der Waals surface area (Å²) in [6.07, 6.45) is 3.94. The summed E-state index contributed by atoms with van der Waals surface area (Å²) in [5.74, 6) is 0. The van der Waals surface area contributed by atoms with Gasteiger partial charge < -0.3 is 15.0 Å². The number of hydrogen-bond acceptors (Lipinski definition) is 3. The minimum Gasteiger partial charge on any atom is -0.376 e. The van der Waals surface area contributed by atoms with E-state index < -0.39 is 0 Å². The summed E-state index contributed by atoms with van der Waals surface area (Å²) in [4.78, 5) is 2.49. The Hall–Kier alpha value is -1.06. The van der Waals surface area contributed by atoms with Gasteiger partial charge in [0.05, 0.1) is 6.10 Å². The number of benzene rings is 1. The average molecular weight is 276 g/mol. The van der Waals surface area contributed by atoms with Crippen molar-refractivity contribution < 1.29 is 4.74 Å². The van der Waals surface area contributed by atoms with Crippen molar-refractivity contribution in [2.45, 2.75) is 45.8 Å². The largest absolute Gasteiger partial charge is 0.376 e. The van der Waals surface area contributed by atoms with E-state index in [0.717, 1.165) is 32.7 Å². The van der Waals surface area contributed by atoms with E-state index in [9.17, 15) is 0 Å². The fourth-order valence-corrected chi connectivity index (χ4v) is 2.96. The molecule has 0 radical (unpaired) electrons. The van der Waals surface area contributed by atoms with Crippen molar-refractivity contribution >= 4 is 5.69 Å². The van der Waals surface area contributed by atoms with Gasteiger partial charge in [-0.3, -0.25) is 0 Å². The van der Waals surface area contributed by atoms with E-state index in [-0.39, 0.29) is 0 Å². The lowest BCUT2D eigenvalue weighted by atomic mass is 10.0. The normalized spacial score (nSPS) is 19.4. The summed E-state index contributed by atoms with van der Waals surface area (Å²) in [5, 5.41) is 3.21. The van der Waals surface area contributed by atoms with Gasteiger partial charge in [0.25, 0.3) is 0 Å². The summed E-state index contributed by atoms with van der Waals surface area (Å²) in [6, 6.07) is 6.79. The first-order valence-corrected chi connectivity index (χ1v) is 7.85.